The van der Waals surface area contributed by atoms with Gasteiger partial charge in [-0.1, -0.05) is 12.1 Å². The maximum Gasteiger partial charge on any atom is 0.417 e. The number of pyridine rings is 1. The molecule has 1 aromatic heterocycles. The first kappa shape index (κ1) is 15.8. The van der Waals surface area contributed by atoms with Crippen LogP contribution in [0.5, 0.6) is 0 Å². The molecule has 0 saturated heterocycles. The summed E-state index contributed by atoms with van der Waals surface area (Å²) < 4.78 is 37.2. The third-order valence-corrected chi connectivity index (χ3v) is 2.89. The molecule has 4 nitrogen and oxygen atoms in total. The van der Waals surface area contributed by atoms with Crippen LogP contribution in [0.15, 0.2) is 47.7 Å². The zero-order valence-corrected chi connectivity index (χ0v) is 12.1. The van der Waals surface area contributed by atoms with Crippen LogP contribution in [0.3, 0.4) is 0 Å². The third kappa shape index (κ3) is 4.21. The van der Waals surface area contributed by atoms with E-state index >= 15 is 0 Å². The second kappa shape index (κ2) is 6.46. The van der Waals surface area contributed by atoms with Crippen molar-refractivity contribution < 1.29 is 13.2 Å². The summed E-state index contributed by atoms with van der Waals surface area (Å²) in [5, 5.41) is 3.95. The molecular weight excluding hydrogens is 293 g/mol. The third-order valence-electron chi connectivity index (χ3n) is 2.89. The predicted octanol–water partition coefficient (Wildman–Crippen LogP) is 3.61. The summed E-state index contributed by atoms with van der Waals surface area (Å²) in [5.41, 5.74) is 3.73. The lowest BCUT2D eigenvalue weighted by Crippen LogP contribution is -2.08. The van der Waals surface area contributed by atoms with Crippen molar-refractivity contribution in [2.75, 3.05) is 24.4 Å². The van der Waals surface area contributed by atoms with Crippen LogP contribution in [-0.2, 0) is 6.18 Å². The molecule has 22 heavy (non-hydrogen) atoms. The molecule has 116 valence electrons. The highest BCUT2D eigenvalue weighted by atomic mass is 19.4. The second-order valence-electron chi connectivity index (χ2n) is 4.79. The van der Waals surface area contributed by atoms with Gasteiger partial charge in [-0.05, 0) is 29.8 Å². The minimum absolute atomic E-state index is 0.245. The summed E-state index contributed by atoms with van der Waals surface area (Å²) in [5.74, 6) is 0.245. The molecule has 0 atom stereocenters. The lowest BCUT2D eigenvalue weighted by molar-refractivity contribution is -0.137. The topological polar surface area (TPSA) is 40.5 Å². The second-order valence-corrected chi connectivity index (χ2v) is 4.79. The lowest BCUT2D eigenvalue weighted by Gasteiger charge is -2.11. The molecule has 0 unspecified atom stereocenters. The molecule has 1 aromatic carbocycles. The summed E-state index contributed by atoms with van der Waals surface area (Å²) >= 11 is 0. The van der Waals surface area contributed by atoms with Crippen LogP contribution in [-0.4, -0.2) is 25.3 Å². The van der Waals surface area contributed by atoms with Crippen molar-refractivity contribution >= 4 is 17.7 Å². The fourth-order valence-corrected chi connectivity index (χ4v) is 1.66. The first-order valence-corrected chi connectivity index (χ1v) is 6.46. The minimum Gasteiger partial charge on any atom is -0.378 e. The molecule has 0 radical (unpaired) electrons. The van der Waals surface area contributed by atoms with Gasteiger partial charge in [0.05, 0.1) is 11.8 Å². The highest BCUT2D eigenvalue weighted by molar-refractivity contribution is 5.80. The molecule has 1 heterocycles. The quantitative estimate of drug-likeness (QED) is 0.693. The molecule has 0 fully saturated rings. The van der Waals surface area contributed by atoms with Gasteiger partial charge in [-0.2, -0.15) is 18.3 Å². The van der Waals surface area contributed by atoms with Gasteiger partial charge in [0, 0.05) is 26.0 Å². The first-order valence-electron chi connectivity index (χ1n) is 6.46. The summed E-state index contributed by atoms with van der Waals surface area (Å²) in [6.45, 7) is 0. The average Bonchev–Trinajstić information content (AvgIpc) is 2.47. The number of nitrogens with zero attached hydrogens (tertiary/aromatic N) is 3. The highest BCUT2D eigenvalue weighted by Crippen LogP contribution is 2.28. The highest BCUT2D eigenvalue weighted by Gasteiger charge is 2.30. The Morgan fingerprint density at radius 1 is 1.09 bits per heavy atom. The van der Waals surface area contributed by atoms with Crippen molar-refractivity contribution in [2.24, 2.45) is 5.10 Å². The van der Waals surface area contributed by atoms with Crippen LogP contribution in [0.2, 0.25) is 0 Å². The van der Waals surface area contributed by atoms with E-state index in [9.17, 15) is 13.2 Å². The molecule has 7 heteroatoms. The normalized spacial score (nSPS) is 11.7. The van der Waals surface area contributed by atoms with Crippen LogP contribution in [0.25, 0.3) is 0 Å². The number of anilines is 2. The van der Waals surface area contributed by atoms with Crippen LogP contribution >= 0.6 is 0 Å². The van der Waals surface area contributed by atoms with E-state index in [0.29, 0.717) is 0 Å². The number of nitrogens with one attached hydrogen (secondary N) is 1. The zero-order chi connectivity index (χ0) is 16.2. The van der Waals surface area contributed by atoms with Crippen LogP contribution in [0.1, 0.15) is 11.1 Å². The van der Waals surface area contributed by atoms with Crippen LogP contribution in [0.4, 0.5) is 24.7 Å². The van der Waals surface area contributed by atoms with Crippen LogP contribution in [0, 0.1) is 0 Å². The van der Waals surface area contributed by atoms with Crippen molar-refractivity contribution in [2.45, 2.75) is 6.18 Å². The number of hydrogen-bond donors (Lipinski definition) is 1. The molecule has 0 aliphatic carbocycles. The van der Waals surface area contributed by atoms with E-state index in [1.54, 1.807) is 6.21 Å². The molecule has 0 amide bonds. The summed E-state index contributed by atoms with van der Waals surface area (Å²) in [6, 6.07) is 9.85. The van der Waals surface area contributed by atoms with Gasteiger partial charge in [0.1, 0.15) is 5.82 Å². The maximum atomic E-state index is 12.4. The zero-order valence-electron chi connectivity index (χ0n) is 12.1. The van der Waals surface area contributed by atoms with E-state index in [2.05, 4.69) is 15.5 Å². The molecule has 0 spiro atoms. The molecule has 0 bridgehead atoms. The Morgan fingerprint density at radius 3 is 2.27 bits per heavy atom. The monoisotopic (exact) mass is 308 g/mol. The SMILES string of the molecule is CN(C)c1ccc(/C=N/Nc2ccc(C(F)(F)F)cn2)cc1. The molecule has 0 aliphatic heterocycles. The number of benzene rings is 1. The predicted molar refractivity (Wildman–Crippen MR) is 81.2 cm³/mol. The Balaban J connectivity index is 1.97. The summed E-state index contributed by atoms with van der Waals surface area (Å²) in [4.78, 5) is 5.64. The fraction of sp³-hybridized carbons (Fsp3) is 0.200. The van der Waals surface area contributed by atoms with E-state index in [-0.39, 0.29) is 5.82 Å². The fourth-order valence-electron chi connectivity index (χ4n) is 1.66. The van der Waals surface area contributed by atoms with Crippen molar-refractivity contribution in [3.63, 3.8) is 0 Å². The number of rotatable bonds is 4. The van der Waals surface area contributed by atoms with Crippen molar-refractivity contribution in [3.05, 3.63) is 53.7 Å². The Hall–Kier alpha value is -2.57. The molecule has 0 saturated carbocycles. The number of aromatic nitrogens is 1. The number of hydrogen-bond acceptors (Lipinski definition) is 4. The maximum absolute atomic E-state index is 12.4. The van der Waals surface area contributed by atoms with Gasteiger partial charge in [-0.3, -0.25) is 5.43 Å². The summed E-state index contributed by atoms with van der Waals surface area (Å²) in [7, 11) is 3.89. The Morgan fingerprint density at radius 2 is 1.77 bits per heavy atom. The Bertz CT molecular complexity index is 631. The molecule has 2 rings (SSSR count). The molecular formula is C15H15F3N4. The van der Waals surface area contributed by atoms with E-state index in [0.717, 1.165) is 23.5 Å². The average molecular weight is 308 g/mol. The first-order chi connectivity index (χ1) is 10.4. The number of hydrazone groups is 1. The Labute approximate surface area is 126 Å². The molecule has 1 N–H and O–H groups in total. The van der Waals surface area contributed by atoms with E-state index < -0.39 is 11.7 Å². The lowest BCUT2D eigenvalue weighted by atomic mass is 10.2. The van der Waals surface area contributed by atoms with Gasteiger partial charge >= 0.3 is 6.18 Å². The van der Waals surface area contributed by atoms with Crippen LogP contribution < -0.4 is 10.3 Å². The van der Waals surface area contributed by atoms with Gasteiger partial charge in [0.2, 0.25) is 0 Å². The van der Waals surface area contributed by atoms with Gasteiger partial charge < -0.3 is 4.90 Å². The molecule has 0 aliphatic rings. The smallest absolute Gasteiger partial charge is 0.378 e. The van der Waals surface area contributed by atoms with Gasteiger partial charge in [-0.25, -0.2) is 4.98 Å². The van der Waals surface area contributed by atoms with Gasteiger partial charge in [0.15, 0.2) is 0 Å². The number of halogens is 3. The van der Waals surface area contributed by atoms with E-state index in [1.165, 1.54) is 6.07 Å². The molecule has 2 aromatic rings. The standard InChI is InChI=1S/C15H15F3N4/c1-22(2)13-6-3-11(4-7-13)9-20-21-14-8-5-12(10-19-14)15(16,17)18/h3-10H,1-2H3,(H,19,21)/b20-9+. The van der Waals surface area contributed by atoms with E-state index in [4.69, 9.17) is 0 Å². The van der Waals surface area contributed by atoms with Crippen molar-refractivity contribution in [1.82, 2.24) is 4.98 Å². The minimum atomic E-state index is -4.39. The van der Waals surface area contributed by atoms with Crippen molar-refractivity contribution in [3.8, 4) is 0 Å². The van der Waals surface area contributed by atoms with Gasteiger partial charge in [-0.15, -0.1) is 0 Å². The van der Waals surface area contributed by atoms with Crippen molar-refractivity contribution in [1.29, 1.82) is 0 Å². The van der Waals surface area contributed by atoms with E-state index in [1.807, 2.05) is 43.3 Å². The summed E-state index contributed by atoms with van der Waals surface area (Å²) in [6.07, 6.45) is -2.05. The number of alkyl halides is 3. The Kier molecular flexibility index (Phi) is 4.65. The largest absolute Gasteiger partial charge is 0.417 e. The van der Waals surface area contributed by atoms with Gasteiger partial charge in [0.25, 0.3) is 0 Å².